The minimum absolute atomic E-state index is 0.0566. The number of ether oxygens (including phenoxy) is 2. The Morgan fingerprint density at radius 2 is 1.82 bits per heavy atom. The average molecular weight is 383 g/mol. The number of nitrogens with one attached hydrogen (secondary N) is 1. The first-order valence-electron chi connectivity index (χ1n) is 9.33. The average Bonchev–Trinajstić information content (AvgIpc) is 2.74. The van der Waals surface area contributed by atoms with Crippen LogP contribution in [0.2, 0.25) is 0 Å². The molecule has 6 heteroatoms. The van der Waals surface area contributed by atoms with E-state index in [0.29, 0.717) is 31.8 Å². The van der Waals surface area contributed by atoms with E-state index in [-0.39, 0.29) is 17.5 Å². The highest BCUT2D eigenvalue weighted by atomic mass is 16.5. The lowest BCUT2D eigenvalue weighted by molar-refractivity contribution is -0.131. The van der Waals surface area contributed by atoms with Gasteiger partial charge < -0.3 is 19.9 Å². The number of carbonyl (C=O) groups excluding carboxylic acids is 1. The molecule has 0 radical (unpaired) electrons. The second-order valence-electron chi connectivity index (χ2n) is 7.05. The molecule has 28 heavy (non-hydrogen) atoms. The van der Waals surface area contributed by atoms with Crippen molar-refractivity contribution in [1.29, 1.82) is 0 Å². The molecule has 2 aromatic carbocycles. The van der Waals surface area contributed by atoms with Gasteiger partial charge >= 0.3 is 5.97 Å². The number of aromatic carboxylic acids is 1. The minimum atomic E-state index is -0.970. The number of carboxylic acid groups (broad SMARTS) is 1. The smallest absolute Gasteiger partial charge is 0.335 e. The quantitative estimate of drug-likeness (QED) is 0.799. The van der Waals surface area contributed by atoms with Gasteiger partial charge in [0.05, 0.1) is 24.1 Å². The molecular formula is C22H25NO5. The van der Waals surface area contributed by atoms with Gasteiger partial charge in [-0.1, -0.05) is 24.3 Å². The predicted octanol–water partition coefficient (Wildman–Crippen LogP) is 3.32. The van der Waals surface area contributed by atoms with Crippen LogP contribution in [0.3, 0.4) is 0 Å². The second kappa shape index (κ2) is 8.44. The lowest BCUT2D eigenvalue weighted by Crippen LogP contribution is -2.48. The number of rotatable bonds is 6. The third-order valence-electron chi connectivity index (χ3n) is 5.41. The van der Waals surface area contributed by atoms with E-state index in [1.165, 1.54) is 0 Å². The van der Waals surface area contributed by atoms with Crippen molar-refractivity contribution < 1.29 is 24.2 Å². The molecule has 6 nitrogen and oxygen atoms in total. The number of amides is 1. The zero-order valence-corrected chi connectivity index (χ0v) is 16.1. The SMILES string of the molecule is COc1cccc(C2(C(=O)NC(C)c3ccc(C(=O)O)cc3)CCOCC2)c1. The Morgan fingerprint density at radius 3 is 2.43 bits per heavy atom. The van der Waals surface area contributed by atoms with Gasteiger partial charge in [0.2, 0.25) is 5.91 Å². The molecule has 0 bridgehead atoms. The fraction of sp³-hybridized carbons (Fsp3) is 0.364. The van der Waals surface area contributed by atoms with Crippen LogP contribution in [0.1, 0.15) is 47.3 Å². The first-order valence-corrected chi connectivity index (χ1v) is 9.33. The predicted molar refractivity (Wildman–Crippen MR) is 105 cm³/mol. The first kappa shape index (κ1) is 19.9. The number of benzene rings is 2. The summed E-state index contributed by atoms with van der Waals surface area (Å²) in [4.78, 5) is 24.4. The molecule has 0 spiro atoms. The third kappa shape index (κ3) is 4.02. The molecule has 0 aliphatic carbocycles. The van der Waals surface area contributed by atoms with Crippen LogP contribution in [0, 0.1) is 0 Å². The van der Waals surface area contributed by atoms with Crippen LogP contribution in [0.15, 0.2) is 48.5 Å². The molecule has 1 heterocycles. The zero-order chi connectivity index (χ0) is 20.1. The number of carboxylic acids is 1. The fourth-order valence-corrected chi connectivity index (χ4v) is 3.62. The van der Waals surface area contributed by atoms with Gasteiger partial charge in [0.25, 0.3) is 0 Å². The van der Waals surface area contributed by atoms with Crippen LogP contribution in [-0.4, -0.2) is 37.3 Å². The zero-order valence-electron chi connectivity index (χ0n) is 16.1. The van der Waals surface area contributed by atoms with Crippen molar-refractivity contribution in [2.45, 2.75) is 31.2 Å². The van der Waals surface area contributed by atoms with E-state index in [4.69, 9.17) is 14.6 Å². The molecule has 1 aliphatic heterocycles. The topological polar surface area (TPSA) is 84.9 Å². The van der Waals surface area contributed by atoms with E-state index in [0.717, 1.165) is 11.1 Å². The summed E-state index contributed by atoms with van der Waals surface area (Å²) >= 11 is 0. The minimum Gasteiger partial charge on any atom is -0.497 e. The molecule has 1 amide bonds. The van der Waals surface area contributed by atoms with Gasteiger partial charge in [0.1, 0.15) is 5.75 Å². The Bertz CT molecular complexity index is 840. The molecule has 1 aliphatic rings. The van der Waals surface area contributed by atoms with Crippen molar-refractivity contribution in [1.82, 2.24) is 5.32 Å². The Balaban J connectivity index is 1.84. The van der Waals surface area contributed by atoms with Crippen molar-refractivity contribution in [3.63, 3.8) is 0 Å². The molecule has 2 aromatic rings. The number of carbonyl (C=O) groups is 2. The molecule has 148 valence electrons. The Labute approximate surface area is 164 Å². The summed E-state index contributed by atoms with van der Waals surface area (Å²) in [5, 5.41) is 12.1. The molecule has 0 saturated carbocycles. The maximum atomic E-state index is 13.4. The summed E-state index contributed by atoms with van der Waals surface area (Å²) in [5.41, 5.74) is 1.31. The van der Waals surface area contributed by atoms with E-state index in [2.05, 4.69) is 5.32 Å². The van der Waals surface area contributed by atoms with Crippen molar-refractivity contribution in [3.05, 3.63) is 65.2 Å². The standard InChI is InChI=1S/C22H25NO5/c1-15(16-6-8-17(9-7-16)20(24)25)23-21(26)22(10-12-28-13-11-22)18-4-3-5-19(14-18)27-2/h3-9,14-15H,10-13H2,1-2H3,(H,23,26)(H,24,25). The van der Waals surface area contributed by atoms with E-state index in [1.54, 1.807) is 31.4 Å². The molecule has 3 rings (SSSR count). The van der Waals surface area contributed by atoms with Crippen LogP contribution >= 0.6 is 0 Å². The highest BCUT2D eigenvalue weighted by molar-refractivity contribution is 5.89. The van der Waals surface area contributed by atoms with Crippen molar-refractivity contribution >= 4 is 11.9 Å². The summed E-state index contributed by atoms with van der Waals surface area (Å²) in [7, 11) is 1.61. The Morgan fingerprint density at radius 1 is 1.14 bits per heavy atom. The highest BCUT2D eigenvalue weighted by Gasteiger charge is 2.42. The molecular weight excluding hydrogens is 358 g/mol. The summed E-state index contributed by atoms with van der Waals surface area (Å²) in [6, 6.07) is 13.9. The van der Waals surface area contributed by atoms with Crippen molar-refractivity contribution in [2.24, 2.45) is 0 Å². The van der Waals surface area contributed by atoms with Gasteiger partial charge in [-0.25, -0.2) is 4.79 Å². The summed E-state index contributed by atoms with van der Waals surface area (Å²) in [6.07, 6.45) is 1.19. The van der Waals surface area contributed by atoms with Crippen molar-refractivity contribution in [3.8, 4) is 5.75 Å². The molecule has 0 aromatic heterocycles. The number of hydrogen-bond donors (Lipinski definition) is 2. The maximum absolute atomic E-state index is 13.4. The Kier molecular flexibility index (Phi) is 5.99. The monoisotopic (exact) mass is 383 g/mol. The molecule has 1 saturated heterocycles. The lowest BCUT2D eigenvalue weighted by atomic mass is 9.73. The summed E-state index contributed by atoms with van der Waals surface area (Å²) < 4.78 is 10.9. The molecule has 1 unspecified atom stereocenters. The maximum Gasteiger partial charge on any atom is 0.335 e. The third-order valence-corrected chi connectivity index (χ3v) is 5.41. The van der Waals surface area contributed by atoms with Crippen molar-refractivity contribution in [2.75, 3.05) is 20.3 Å². The van der Waals surface area contributed by atoms with E-state index in [9.17, 15) is 9.59 Å². The molecule has 1 fully saturated rings. The second-order valence-corrected chi connectivity index (χ2v) is 7.05. The van der Waals surface area contributed by atoms with Crippen LogP contribution in [-0.2, 0) is 14.9 Å². The van der Waals surface area contributed by atoms with Crippen LogP contribution in [0.5, 0.6) is 5.75 Å². The molecule has 2 N–H and O–H groups in total. The van der Waals surface area contributed by atoms with E-state index < -0.39 is 11.4 Å². The highest BCUT2D eigenvalue weighted by Crippen LogP contribution is 2.37. The van der Waals surface area contributed by atoms with Gasteiger partial charge in [0, 0.05) is 13.2 Å². The number of methoxy groups -OCH3 is 1. The van der Waals surface area contributed by atoms with Crippen LogP contribution in [0.4, 0.5) is 0 Å². The van der Waals surface area contributed by atoms with Crippen LogP contribution in [0.25, 0.3) is 0 Å². The first-order chi connectivity index (χ1) is 13.5. The summed E-state index contributed by atoms with van der Waals surface area (Å²) in [6.45, 7) is 2.94. The molecule has 1 atom stereocenters. The number of hydrogen-bond acceptors (Lipinski definition) is 4. The van der Waals surface area contributed by atoms with Gasteiger partial charge in [-0.15, -0.1) is 0 Å². The fourth-order valence-electron chi connectivity index (χ4n) is 3.62. The van der Waals surface area contributed by atoms with Crippen LogP contribution < -0.4 is 10.1 Å². The summed E-state index contributed by atoms with van der Waals surface area (Å²) in [5.74, 6) is -0.310. The van der Waals surface area contributed by atoms with E-state index >= 15 is 0 Å². The van der Waals surface area contributed by atoms with Gasteiger partial charge in [-0.3, -0.25) is 4.79 Å². The van der Waals surface area contributed by atoms with Gasteiger partial charge in [-0.2, -0.15) is 0 Å². The van der Waals surface area contributed by atoms with Gasteiger partial charge in [0.15, 0.2) is 0 Å². The largest absolute Gasteiger partial charge is 0.497 e. The van der Waals surface area contributed by atoms with Gasteiger partial charge in [-0.05, 0) is 55.2 Å². The Hall–Kier alpha value is -2.86. The van der Waals surface area contributed by atoms with E-state index in [1.807, 2.05) is 31.2 Å². The lowest BCUT2D eigenvalue weighted by Gasteiger charge is -2.37. The normalized spacial score (nSPS) is 16.8.